The highest BCUT2D eigenvalue weighted by Gasteiger charge is 2.29. The van der Waals surface area contributed by atoms with Crippen molar-refractivity contribution < 1.29 is 9.13 Å². The van der Waals surface area contributed by atoms with Crippen LogP contribution < -0.4 is 0 Å². The van der Waals surface area contributed by atoms with Gasteiger partial charge in [0.25, 0.3) is 0 Å². The monoisotopic (exact) mass is 304 g/mol. The zero-order valence-corrected chi connectivity index (χ0v) is 12.9. The van der Waals surface area contributed by atoms with E-state index in [0.29, 0.717) is 6.61 Å². The maximum absolute atomic E-state index is 13.1. The number of halogens is 1. The first-order valence-electron chi connectivity index (χ1n) is 7.64. The van der Waals surface area contributed by atoms with Gasteiger partial charge in [-0.1, -0.05) is 19.1 Å². The largest absolute Gasteiger partial charge is 0.368 e. The van der Waals surface area contributed by atoms with Crippen molar-refractivity contribution in [3.63, 3.8) is 0 Å². The van der Waals surface area contributed by atoms with Gasteiger partial charge in [0, 0.05) is 26.2 Å². The number of aromatic nitrogens is 3. The average molecular weight is 304 g/mol. The number of hydrogen-bond donors (Lipinski definition) is 0. The van der Waals surface area contributed by atoms with Crippen molar-refractivity contribution >= 4 is 0 Å². The number of morpholine rings is 1. The third-order valence-corrected chi connectivity index (χ3v) is 4.21. The summed E-state index contributed by atoms with van der Waals surface area (Å²) < 4.78 is 20.9. The van der Waals surface area contributed by atoms with E-state index in [2.05, 4.69) is 22.0 Å². The smallest absolute Gasteiger partial charge is 0.163 e. The van der Waals surface area contributed by atoms with Gasteiger partial charge in [-0.2, -0.15) is 0 Å². The van der Waals surface area contributed by atoms with E-state index >= 15 is 0 Å². The van der Waals surface area contributed by atoms with Crippen LogP contribution in [-0.4, -0.2) is 39.4 Å². The van der Waals surface area contributed by atoms with Crippen molar-refractivity contribution in [3.05, 3.63) is 47.8 Å². The molecule has 2 atom stereocenters. The molecule has 0 unspecified atom stereocenters. The molecule has 3 rings (SSSR count). The van der Waals surface area contributed by atoms with Gasteiger partial charge in [-0.3, -0.25) is 4.90 Å². The molecule has 1 aromatic carbocycles. The minimum absolute atomic E-state index is 0.0734. The third kappa shape index (κ3) is 3.03. The van der Waals surface area contributed by atoms with E-state index < -0.39 is 0 Å². The van der Waals surface area contributed by atoms with Crippen LogP contribution in [0, 0.1) is 5.82 Å². The summed E-state index contributed by atoms with van der Waals surface area (Å²) in [4.78, 5) is 2.39. The molecule has 22 heavy (non-hydrogen) atoms. The quantitative estimate of drug-likeness (QED) is 0.870. The number of nitrogens with zero attached hydrogens (tertiary/aromatic N) is 4. The van der Waals surface area contributed by atoms with Gasteiger partial charge in [-0.15, -0.1) is 10.2 Å². The predicted octanol–water partition coefficient (Wildman–Crippen LogP) is 2.48. The Morgan fingerprint density at radius 1 is 1.36 bits per heavy atom. The van der Waals surface area contributed by atoms with Crippen LogP contribution in [-0.2, 0) is 11.8 Å². The first-order chi connectivity index (χ1) is 10.7. The highest BCUT2D eigenvalue weighted by atomic mass is 19.1. The fourth-order valence-electron chi connectivity index (χ4n) is 3.08. The third-order valence-electron chi connectivity index (χ3n) is 4.21. The van der Waals surface area contributed by atoms with Crippen LogP contribution in [0.5, 0.6) is 0 Å². The molecule has 1 aliphatic heterocycles. The molecular formula is C16H21FN4O. The number of aryl methyl sites for hydroxylation is 1. The van der Waals surface area contributed by atoms with Crippen LogP contribution in [0.2, 0.25) is 0 Å². The molecule has 0 saturated carbocycles. The number of rotatable bonds is 4. The molecule has 0 spiro atoms. The molecule has 0 radical (unpaired) electrons. The van der Waals surface area contributed by atoms with Crippen molar-refractivity contribution in [2.24, 2.45) is 7.05 Å². The first kappa shape index (κ1) is 15.1. The molecule has 0 bridgehead atoms. The molecule has 1 saturated heterocycles. The molecule has 0 N–H and O–H groups in total. The van der Waals surface area contributed by atoms with Crippen LogP contribution >= 0.6 is 0 Å². The second-order valence-electron chi connectivity index (χ2n) is 5.63. The lowest BCUT2D eigenvalue weighted by Crippen LogP contribution is -2.41. The van der Waals surface area contributed by atoms with Gasteiger partial charge >= 0.3 is 0 Å². The van der Waals surface area contributed by atoms with Crippen LogP contribution in [0.3, 0.4) is 0 Å². The summed E-state index contributed by atoms with van der Waals surface area (Å²) in [7, 11) is 1.93. The van der Waals surface area contributed by atoms with Gasteiger partial charge in [-0.25, -0.2) is 4.39 Å². The van der Waals surface area contributed by atoms with Gasteiger partial charge < -0.3 is 9.30 Å². The van der Waals surface area contributed by atoms with Gasteiger partial charge in [0.15, 0.2) is 5.82 Å². The summed E-state index contributed by atoms with van der Waals surface area (Å²) in [6.45, 7) is 4.45. The molecule has 2 aromatic rings. The van der Waals surface area contributed by atoms with Crippen molar-refractivity contribution in [1.29, 1.82) is 0 Å². The van der Waals surface area contributed by atoms with Crippen molar-refractivity contribution in [2.75, 3.05) is 19.7 Å². The van der Waals surface area contributed by atoms with Crippen molar-refractivity contribution in [2.45, 2.75) is 25.5 Å². The van der Waals surface area contributed by atoms with Gasteiger partial charge in [-0.05, 0) is 24.1 Å². The Balaban J connectivity index is 1.77. The highest BCUT2D eigenvalue weighted by molar-refractivity contribution is 5.20. The Morgan fingerprint density at radius 3 is 2.77 bits per heavy atom. The van der Waals surface area contributed by atoms with Gasteiger partial charge in [0.05, 0.1) is 6.61 Å². The lowest BCUT2D eigenvalue weighted by molar-refractivity contribution is -0.0513. The minimum atomic E-state index is -0.197. The van der Waals surface area contributed by atoms with Crippen molar-refractivity contribution in [3.8, 4) is 0 Å². The Kier molecular flexibility index (Phi) is 4.49. The van der Waals surface area contributed by atoms with E-state index in [1.807, 2.05) is 23.7 Å². The lowest BCUT2D eigenvalue weighted by atomic mass is 10.0. The SMILES string of the molecule is CC[C@H](c1ccc(F)cc1)N1CCO[C@H](c2nncn2C)C1. The van der Waals surface area contributed by atoms with Crippen molar-refractivity contribution in [1.82, 2.24) is 19.7 Å². The molecule has 6 heteroatoms. The molecule has 118 valence electrons. The van der Waals surface area contributed by atoms with Crippen LogP contribution in [0.4, 0.5) is 4.39 Å². The fourth-order valence-corrected chi connectivity index (χ4v) is 3.08. The Morgan fingerprint density at radius 2 is 2.14 bits per heavy atom. The number of hydrogen-bond acceptors (Lipinski definition) is 4. The summed E-state index contributed by atoms with van der Waals surface area (Å²) in [5.74, 6) is 0.649. The lowest BCUT2D eigenvalue weighted by Gasteiger charge is -2.37. The molecular weight excluding hydrogens is 283 g/mol. The minimum Gasteiger partial charge on any atom is -0.368 e. The summed E-state index contributed by atoms with van der Waals surface area (Å²) in [5, 5.41) is 8.08. The Hall–Kier alpha value is -1.79. The van der Waals surface area contributed by atoms with E-state index in [1.165, 1.54) is 12.1 Å². The summed E-state index contributed by atoms with van der Waals surface area (Å²) >= 11 is 0. The van der Waals surface area contributed by atoms with E-state index in [0.717, 1.165) is 30.9 Å². The van der Waals surface area contributed by atoms with E-state index in [-0.39, 0.29) is 18.0 Å². The molecule has 1 aliphatic rings. The second-order valence-corrected chi connectivity index (χ2v) is 5.63. The Labute approximate surface area is 129 Å². The number of ether oxygens (including phenoxy) is 1. The normalized spacial score (nSPS) is 21.0. The van der Waals surface area contributed by atoms with E-state index in [1.54, 1.807) is 6.33 Å². The Bertz CT molecular complexity index is 613. The molecule has 1 aromatic heterocycles. The summed E-state index contributed by atoms with van der Waals surface area (Å²) in [5.41, 5.74) is 1.14. The second kappa shape index (κ2) is 6.54. The summed E-state index contributed by atoms with van der Waals surface area (Å²) in [6, 6.07) is 7.06. The topological polar surface area (TPSA) is 43.2 Å². The molecule has 1 fully saturated rings. The first-order valence-corrected chi connectivity index (χ1v) is 7.64. The molecule has 5 nitrogen and oxygen atoms in total. The van der Waals surface area contributed by atoms with Gasteiger partial charge in [0.2, 0.25) is 0 Å². The van der Waals surface area contributed by atoms with Gasteiger partial charge in [0.1, 0.15) is 18.2 Å². The maximum Gasteiger partial charge on any atom is 0.163 e. The zero-order valence-electron chi connectivity index (χ0n) is 12.9. The van der Waals surface area contributed by atoms with E-state index in [4.69, 9.17) is 4.74 Å². The van der Waals surface area contributed by atoms with Crippen LogP contribution in [0.1, 0.15) is 36.9 Å². The van der Waals surface area contributed by atoms with E-state index in [9.17, 15) is 4.39 Å². The maximum atomic E-state index is 13.1. The predicted molar refractivity (Wildman–Crippen MR) is 80.7 cm³/mol. The highest BCUT2D eigenvalue weighted by Crippen LogP contribution is 2.30. The molecule has 2 heterocycles. The summed E-state index contributed by atoms with van der Waals surface area (Å²) in [6.07, 6.45) is 2.59. The average Bonchev–Trinajstić information content (AvgIpc) is 2.96. The standard InChI is InChI=1S/C16H21FN4O/c1-3-14(12-4-6-13(17)7-5-12)21-8-9-22-15(10-21)16-19-18-11-20(16)2/h4-7,11,14-15H,3,8-10H2,1-2H3/t14-,15+/m1/s1. The molecule has 0 amide bonds. The fraction of sp³-hybridized carbons (Fsp3) is 0.500. The van der Waals surface area contributed by atoms with Crippen LogP contribution in [0.15, 0.2) is 30.6 Å². The van der Waals surface area contributed by atoms with Crippen LogP contribution in [0.25, 0.3) is 0 Å². The zero-order chi connectivity index (χ0) is 15.5. The molecule has 0 aliphatic carbocycles. The number of benzene rings is 1.